The molecule has 0 amide bonds. The van der Waals surface area contributed by atoms with Gasteiger partial charge in [0.15, 0.2) is 0 Å². The van der Waals surface area contributed by atoms with Crippen molar-refractivity contribution in [3.63, 3.8) is 0 Å². The van der Waals surface area contributed by atoms with Crippen molar-refractivity contribution < 1.29 is 4.74 Å². The third kappa shape index (κ3) is 2.85. The number of hydrogen-bond donors (Lipinski definition) is 0. The molecule has 0 aromatic heterocycles. The molecular formula is C23H24N2O. The molecular weight excluding hydrogens is 320 g/mol. The SMILES string of the molecule is COC1CCC2(CC1)Cc1ccc(-c3cccc(C)c3)cc1C2=NC#N. The summed E-state index contributed by atoms with van der Waals surface area (Å²) >= 11 is 0. The lowest BCUT2D eigenvalue weighted by Gasteiger charge is -2.36. The Kier molecular flexibility index (Phi) is 4.38. The maximum absolute atomic E-state index is 9.32. The minimum Gasteiger partial charge on any atom is -0.381 e. The summed E-state index contributed by atoms with van der Waals surface area (Å²) in [4.78, 5) is 4.33. The quantitative estimate of drug-likeness (QED) is 0.715. The van der Waals surface area contributed by atoms with Gasteiger partial charge < -0.3 is 4.74 Å². The number of aryl methyl sites for hydroxylation is 1. The Morgan fingerprint density at radius 1 is 1.12 bits per heavy atom. The third-order valence-electron chi connectivity index (χ3n) is 6.13. The van der Waals surface area contributed by atoms with Crippen molar-refractivity contribution >= 4 is 5.71 Å². The van der Waals surface area contributed by atoms with Crippen LogP contribution in [0.15, 0.2) is 47.5 Å². The van der Waals surface area contributed by atoms with E-state index in [-0.39, 0.29) is 5.41 Å². The van der Waals surface area contributed by atoms with Gasteiger partial charge in [0, 0.05) is 18.1 Å². The average molecular weight is 344 g/mol. The van der Waals surface area contributed by atoms with Gasteiger partial charge in [-0.2, -0.15) is 10.3 Å². The van der Waals surface area contributed by atoms with Crippen molar-refractivity contribution in [3.8, 4) is 17.3 Å². The van der Waals surface area contributed by atoms with E-state index in [9.17, 15) is 5.26 Å². The number of nitriles is 1. The summed E-state index contributed by atoms with van der Waals surface area (Å²) in [7, 11) is 1.80. The van der Waals surface area contributed by atoms with Crippen molar-refractivity contribution in [2.24, 2.45) is 10.4 Å². The first-order valence-electron chi connectivity index (χ1n) is 9.35. The minimum absolute atomic E-state index is 0.0122. The number of ether oxygens (including phenoxy) is 1. The van der Waals surface area contributed by atoms with E-state index in [4.69, 9.17) is 4.74 Å². The van der Waals surface area contributed by atoms with Crippen LogP contribution < -0.4 is 0 Å². The highest BCUT2D eigenvalue weighted by atomic mass is 16.5. The molecule has 0 heterocycles. The van der Waals surface area contributed by atoms with Crippen molar-refractivity contribution in [3.05, 3.63) is 59.2 Å². The zero-order chi connectivity index (χ0) is 18.1. The maximum Gasteiger partial charge on any atom is 0.205 e. The highest BCUT2D eigenvalue weighted by Crippen LogP contribution is 2.48. The number of fused-ring (bicyclic) bond motifs is 1. The molecule has 1 saturated carbocycles. The van der Waals surface area contributed by atoms with Crippen LogP contribution in [0.2, 0.25) is 0 Å². The van der Waals surface area contributed by atoms with Crippen LogP contribution in [0.25, 0.3) is 11.1 Å². The zero-order valence-corrected chi connectivity index (χ0v) is 15.5. The van der Waals surface area contributed by atoms with Gasteiger partial charge in [0.05, 0.1) is 11.8 Å². The topological polar surface area (TPSA) is 45.4 Å². The summed E-state index contributed by atoms with van der Waals surface area (Å²) < 4.78 is 5.55. The normalized spacial score (nSPS) is 26.0. The molecule has 0 atom stereocenters. The van der Waals surface area contributed by atoms with Gasteiger partial charge in [-0.1, -0.05) is 42.0 Å². The van der Waals surface area contributed by atoms with Crippen LogP contribution >= 0.6 is 0 Å². The summed E-state index contributed by atoms with van der Waals surface area (Å²) in [5.41, 5.74) is 7.17. The Morgan fingerprint density at radius 2 is 1.88 bits per heavy atom. The number of aliphatic imine (C=N–C) groups is 1. The largest absolute Gasteiger partial charge is 0.381 e. The van der Waals surface area contributed by atoms with Crippen LogP contribution in [0.4, 0.5) is 0 Å². The van der Waals surface area contributed by atoms with E-state index in [0.29, 0.717) is 6.10 Å². The fourth-order valence-corrected chi connectivity index (χ4v) is 4.71. The first-order valence-corrected chi connectivity index (χ1v) is 9.35. The number of benzene rings is 2. The Balaban J connectivity index is 1.74. The van der Waals surface area contributed by atoms with Crippen LogP contribution in [0, 0.1) is 23.8 Å². The van der Waals surface area contributed by atoms with E-state index in [1.54, 1.807) is 7.11 Å². The number of hydrogen-bond acceptors (Lipinski definition) is 3. The van der Waals surface area contributed by atoms with Gasteiger partial charge in [0.25, 0.3) is 0 Å². The predicted molar refractivity (Wildman–Crippen MR) is 104 cm³/mol. The van der Waals surface area contributed by atoms with Crippen molar-refractivity contribution in [2.75, 3.05) is 7.11 Å². The molecule has 1 fully saturated rings. The summed E-state index contributed by atoms with van der Waals surface area (Å²) in [6.07, 6.45) is 7.58. The second kappa shape index (κ2) is 6.70. The van der Waals surface area contributed by atoms with E-state index in [2.05, 4.69) is 60.6 Å². The second-order valence-electron chi connectivity index (χ2n) is 7.69. The van der Waals surface area contributed by atoms with E-state index < -0.39 is 0 Å². The van der Waals surface area contributed by atoms with Crippen LogP contribution in [0.3, 0.4) is 0 Å². The van der Waals surface area contributed by atoms with Crippen LogP contribution in [0.5, 0.6) is 0 Å². The minimum atomic E-state index is 0.0122. The molecule has 0 bridgehead atoms. The molecule has 26 heavy (non-hydrogen) atoms. The highest BCUT2D eigenvalue weighted by Gasteiger charge is 2.45. The molecule has 2 aliphatic carbocycles. The molecule has 3 nitrogen and oxygen atoms in total. The monoisotopic (exact) mass is 344 g/mol. The van der Waals surface area contributed by atoms with Crippen molar-refractivity contribution in [2.45, 2.75) is 45.1 Å². The standard InChI is InChI=1S/C23H24N2O/c1-16-4-3-5-17(12-16)18-6-7-19-14-23(10-8-20(26-2)9-11-23)22(25-15-24)21(19)13-18/h3-7,12-13,20H,8-11,14H2,1-2H3. The molecule has 3 heteroatoms. The smallest absolute Gasteiger partial charge is 0.205 e. The first kappa shape index (κ1) is 17.0. The number of rotatable bonds is 2. The van der Waals surface area contributed by atoms with Crippen molar-refractivity contribution in [1.29, 1.82) is 5.26 Å². The Bertz CT molecular complexity index is 899. The van der Waals surface area contributed by atoms with Gasteiger partial charge in [-0.3, -0.25) is 0 Å². The van der Waals surface area contributed by atoms with Gasteiger partial charge >= 0.3 is 0 Å². The predicted octanol–water partition coefficient (Wildman–Crippen LogP) is 5.06. The molecule has 1 spiro atoms. The molecule has 0 unspecified atom stereocenters. The van der Waals surface area contributed by atoms with E-state index >= 15 is 0 Å². The fraction of sp³-hybridized carbons (Fsp3) is 0.391. The average Bonchev–Trinajstić information content (AvgIpc) is 2.95. The number of nitrogens with zero attached hydrogens (tertiary/aromatic N) is 2. The summed E-state index contributed by atoms with van der Waals surface area (Å²) in [5, 5.41) is 9.32. The Labute approximate surface area is 155 Å². The molecule has 4 rings (SSSR count). The zero-order valence-electron chi connectivity index (χ0n) is 15.5. The lowest BCUT2D eigenvalue weighted by Crippen LogP contribution is -2.35. The first-order chi connectivity index (χ1) is 12.6. The summed E-state index contributed by atoms with van der Waals surface area (Å²) in [5.74, 6) is 0. The van der Waals surface area contributed by atoms with Crippen LogP contribution in [-0.2, 0) is 11.2 Å². The maximum atomic E-state index is 9.32. The van der Waals surface area contributed by atoms with Crippen LogP contribution in [0.1, 0.15) is 42.4 Å². The molecule has 0 aliphatic heterocycles. The van der Waals surface area contributed by atoms with Crippen molar-refractivity contribution in [1.82, 2.24) is 0 Å². The Hall–Kier alpha value is -2.44. The van der Waals surface area contributed by atoms with Gasteiger partial charge in [0.2, 0.25) is 6.19 Å². The van der Waals surface area contributed by atoms with Gasteiger partial charge in [0.1, 0.15) is 0 Å². The summed E-state index contributed by atoms with van der Waals surface area (Å²) in [6, 6.07) is 15.2. The molecule has 2 aromatic rings. The molecule has 2 aromatic carbocycles. The van der Waals surface area contributed by atoms with Gasteiger partial charge in [-0.15, -0.1) is 0 Å². The second-order valence-corrected chi connectivity index (χ2v) is 7.69. The molecule has 2 aliphatic rings. The van der Waals surface area contributed by atoms with E-state index in [1.807, 2.05) is 0 Å². The third-order valence-corrected chi connectivity index (χ3v) is 6.13. The fourth-order valence-electron chi connectivity index (χ4n) is 4.71. The van der Waals surface area contributed by atoms with Crippen LogP contribution in [-0.4, -0.2) is 18.9 Å². The van der Waals surface area contributed by atoms with E-state index in [1.165, 1.54) is 27.8 Å². The van der Waals surface area contributed by atoms with Gasteiger partial charge in [-0.25, -0.2) is 0 Å². The Morgan fingerprint density at radius 3 is 2.58 bits per heavy atom. The molecule has 0 N–H and O–H groups in total. The summed E-state index contributed by atoms with van der Waals surface area (Å²) in [6.45, 7) is 2.11. The van der Waals surface area contributed by atoms with Gasteiger partial charge in [-0.05, 0) is 61.8 Å². The lowest BCUT2D eigenvalue weighted by atomic mass is 9.70. The number of methoxy groups -OCH3 is 1. The highest BCUT2D eigenvalue weighted by molar-refractivity contribution is 6.10. The lowest BCUT2D eigenvalue weighted by molar-refractivity contribution is 0.0468. The molecule has 0 saturated heterocycles. The van der Waals surface area contributed by atoms with E-state index in [0.717, 1.165) is 37.8 Å². The molecule has 0 radical (unpaired) electrons. The molecule has 132 valence electrons.